The maximum absolute atomic E-state index is 5.39. The van der Waals surface area contributed by atoms with Gasteiger partial charge in [0.1, 0.15) is 0 Å². The second-order valence-corrected chi connectivity index (χ2v) is 4.67. The van der Waals surface area contributed by atoms with E-state index in [1.54, 1.807) is 11.3 Å². The lowest BCUT2D eigenvalue weighted by molar-refractivity contribution is 0.122. The van der Waals surface area contributed by atoms with Crippen LogP contribution in [0.15, 0.2) is 11.4 Å². The van der Waals surface area contributed by atoms with Crippen LogP contribution >= 0.6 is 11.3 Å². The molecule has 3 N–H and O–H groups in total. The summed E-state index contributed by atoms with van der Waals surface area (Å²) in [6.07, 6.45) is 0. The molecule has 0 atom stereocenters. The van der Waals surface area contributed by atoms with Crippen molar-refractivity contribution >= 4 is 33.3 Å². The van der Waals surface area contributed by atoms with E-state index < -0.39 is 0 Å². The average Bonchev–Trinajstić information content (AvgIpc) is 2.86. The highest BCUT2D eigenvalue weighted by molar-refractivity contribution is 7.17. The molecule has 17 heavy (non-hydrogen) atoms. The Bertz CT molecular complexity index is 522. The number of nitrogens with zero attached hydrogens (tertiary/aromatic N) is 3. The van der Waals surface area contributed by atoms with Gasteiger partial charge in [0.05, 0.1) is 23.4 Å². The number of morpholine rings is 1. The van der Waals surface area contributed by atoms with Gasteiger partial charge in [-0.3, -0.25) is 5.43 Å². The number of aromatic nitrogens is 2. The number of nitrogens with one attached hydrogen (secondary N) is 1. The highest BCUT2D eigenvalue weighted by Gasteiger charge is 2.17. The van der Waals surface area contributed by atoms with Crippen LogP contribution in [0.3, 0.4) is 0 Å². The molecule has 3 heterocycles. The van der Waals surface area contributed by atoms with E-state index in [0.29, 0.717) is 5.95 Å². The van der Waals surface area contributed by atoms with Crippen molar-refractivity contribution in [2.24, 2.45) is 5.84 Å². The molecular formula is C10H13N5OS. The number of anilines is 2. The highest BCUT2D eigenvalue weighted by Crippen LogP contribution is 2.30. The Morgan fingerprint density at radius 3 is 2.94 bits per heavy atom. The third-order valence-electron chi connectivity index (χ3n) is 2.73. The minimum Gasteiger partial charge on any atom is -0.378 e. The Balaban J connectivity index is 2.08. The Hall–Kier alpha value is -1.44. The number of hydrogen-bond acceptors (Lipinski definition) is 7. The molecule has 0 spiro atoms. The number of nitrogen functional groups attached to an aromatic ring is 1. The number of thiophene rings is 1. The normalized spacial score (nSPS) is 16.4. The van der Waals surface area contributed by atoms with E-state index >= 15 is 0 Å². The predicted molar refractivity (Wildman–Crippen MR) is 68.3 cm³/mol. The molecule has 1 aliphatic rings. The van der Waals surface area contributed by atoms with Gasteiger partial charge in [-0.05, 0) is 11.4 Å². The molecule has 2 aromatic heterocycles. The molecule has 0 aromatic carbocycles. The van der Waals surface area contributed by atoms with Crippen molar-refractivity contribution in [3.8, 4) is 0 Å². The summed E-state index contributed by atoms with van der Waals surface area (Å²) in [4.78, 5) is 11.0. The van der Waals surface area contributed by atoms with Crippen LogP contribution in [0, 0.1) is 0 Å². The lowest BCUT2D eigenvalue weighted by Gasteiger charge is -2.28. The first-order valence-corrected chi connectivity index (χ1v) is 6.31. The zero-order chi connectivity index (χ0) is 11.7. The third-order valence-corrected chi connectivity index (χ3v) is 3.62. The van der Waals surface area contributed by atoms with Gasteiger partial charge >= 0.3 is 0 Å². The first kappa shape index (κ1) is 10.7. The van der Waals surface area contributed by atoms with Gasteiger partial charge in [-0.2, -0.15) is 4.98 Å². The summed E-state index contributed by atoms with van der Waals surface area (Å²) in [5.41, 5.74) is 3.44. The molecule has 0 saturated carbocycles. The maximum Gasteiger partial charge on any atom is 0.239 e. The zero-order valence-electron chi connectivity index (χ0n) is 9.22. The molecule has 1 fully saturated rings. The molecule has 0 aliphatic carbocycles. The van der Waals surface area contributed by atoms with Crippen molar-refractivity contribution in [1.29, 1.82) is 0 Å². The van der Waals surface area contributed by atoms with E-state index in [-0.39, 0.29) is 0 Å². The number of hydrogen-bond donors (Lipinski definition) is 2. The van der Waals surface area contributed by atoms with Crippen molar-refractivity contribution in [3.05, 3.63) is 11.4 Å². The number of nitrogens with two attached hydrogens (primary N) is 1. The summed E-state index contributed by atoms with van der Waals surface area (Å²) in [7, 11) is 0. The standard InChI is InChI=1S/C10H13N5OS/c11-14-10-12-7-1-6-17-8(7)9(13-10)15-2-4-16-5-3-15/h1,6H,2-5,11H2,(H,12,13,14). The van der Waals surface area contributed by atoms with Gasteiger partial charge in [0, 0.05) is 13.1 Å². The Labute approximate surface area is 102 Å². The lowest BCUT2D eigenvalue weighted by atomic mass is 10.3. The van der Waals surface area contributed by atoms with Crippen LogP contribution in [0.5, 0.6) is 0 Å². The van der Waals surface area contributed by atoms with Gasteiger partial charge in [0.15, 0.2) is 5.82 Å². The largest absolute Gasteiger partial charge is 0.378 e. The number of rotatable bonds is 2. The first-order valence-electron chi connectivity index (χ1n) is 5.43. The van der Waals surface area contributed by atoms with Gasteiger partial charge in [-0.1, -0.05) is 0 Å². The van der Waals surface area contributed by atoms with Gasteiger partial charge in [-0.15, -0.1) is 11.3 Å². The van der Waals surface area contributed by atoms with E-state index in [4.69, 9.17) is 10.6 Å². The van der Waals surface area contributed by atoms with Crippen LogP contribution < -0.4 is 16.2 Å². The fourth-order valence-electron chi connectivity index (χ4n) is 1.90. The van der Waals surface area contributed by atoms with Crippen LogP contribution in [0.2, 0.25) is 0 Å². The highest BCUT2D eigenvalue weighted by atomic mass is 32.1. The van der Waals surface area contributed by atoms with Crippen molar-refractivity contribution in [2.75, 3.05) is 36.6 Å². The van der Waals surface area contributed by atoms with E-state index in [9.17, 15) is 0 Å². The minimum absolute atomic E-state index is 0.456. The smallest absolute Gasteiger partial charge is 0.239 e. The maximum atomic E-state index is 5.39. The van der Waals surface area contributed by atoms with Gasteiger partial charge < -0.3 is 9.64 Å². The second-order valence-electron chi connectivity index (χ2n) is 3.75. The summed E-state index contributed by atoms with van der Waals surface area (Å²) in [5.74, 6) is 6.79. The average molecular weight is 251 g/mol. The molecule has 1 saturated heterocycles. The third kappa shape index (κ3) is 1.92. The zero-order valence-corrected chi connectivity index (χ0v) is 10.0. The summed E-state index contributed by atoms with van der Waals surface area (Å²) >= 11 is 1.65. The van der Waals surface area contributed by atoms with E-state index in [1.807, 2.05) is 11.4 Å². The molecule has 0 unspecified atom stereocenters. The van der Waals surface area contributed by atoms with Crippen molar-refractivity contribution in [1.82, 2.24) is 9.97 Å². The number of fused-ring (bicyclic) bond motifs is 1. The van der Waals surface area contributed by atoms with Crippen molar-refractivity contribution < 1.29 is 4.74 Å². The Morgan fingerprint density at radius 1 is 1.35 bits per heavy atom. The lowest BCUT2D eigenvalue weighted by Crippen LogP contribution is -2.37. The molecular weight excluding hydrogens is 238 g/mol. The van der Waals surface area contributed by atoms with E-state index in [1.165, 1.54) is 0 Å². The fourth-order valence-corrected chi connectivity index (χ4v) is 2.75. The molecule has 6 nitrogen and oxygen atoms in total. The van der Waals surface area contributed by atoms with Gasteiger partial charge in [-0.25, -0.2) is 10.8 Å². The molecule has 0 radical (unpaired) electrons. The number of hydrazine groups is 1. The van der Waals surface area contributed by atoms with Gasteiger partial charge in [0.2, 0.25) is 5.95 Å². The molecule has 90 valence electrons. The summed E-state index contributed by atoms with van der Waals surface area (Å²) in [5, 5.41) is 2.02. The molecule has 7 heteroatoms. The van der Waals surface area contributed by atoms with Crippen LogP contribution in [-0.2, 0) is 4.74 Å². The summed E-state index contributed by atoms with van der Waals surface area (Å²) < 4.78 is 6.45. The molecule has 1 aliphatic heterocycles. The van der Waals surface area contributed by atoms with Crippen LogP contribution in [0.25, 0.3) is 10.2 Å². The second kappa shape index (κ2) is 4.44. The molecule has 3 rings (SSSR count). The van der Waals surface area contributed by atoms with Gasteiger partial charge in [0.25, 0.3) is 0 Å². The van der Waals surface area contributed by atoms with Crippen LogP contribution in [-0.4, -0.2) is 36.3 Å². The quantitative estimate of drug-likeness (QED) is 0.607. The molecule has 0 bridgehead atoms. The summed E-state index contributed by atoms with van der Waals surface area (Å²) in [6, 6.07) is 1.98. The Morgan fingerprint density at radius 2 is 2.18 bits per heavy atom. The predicted octanol–water partition coefficient (Wildman–Crippen LogP) is 0.813. The Kier molecular flexibility index (Phi) is 2.79. The molecule has 0 amide bonds. The van der Waals surface area contributed by atoms with Crippen molar-refractivity contribution in [3.63, 3.8) is 0 Å². The minimum atomic E-state index is 0.456. The molecule has 2 aromatic rings. The SMILES string of the molecule is NNc1nc(N2CCOCC2)c2sccc2n1. The monoisotopic (exact) mass is 251 g/mol. The fraction of sp³-hybridized carbons (Fsp3) is 0.400. The van der Waals surface area contributed by atoms with Crippen molar-refractivity contribution in [2.45, 2.75) is 0 Å². The van der Waals surface area contributed by atoms with E-state index in [0.717, 1.165) is 42.3 Å². The van der Waals surface area contributed by atoms with E-state index in [2.05, 4.69) is 20.3 Å². The van der Waals surface area contributed by atoms with Crippen LogP contribution in [0.1, 0.15) is 0 Å². The first-order chi connectivity index (χ1) is 8.38. The van der Waals surface area contributed by atoms with Crippen LogP contribution in [0.4, 0.5) is 11.8 Å². The topological polar surface area (TPSA) is 76.3 Å². The number of ether oxygens (including phenoxy) is 1. The summed E-state index contributed by atoms with van der Waals surface area (Å²) in [6.45, 7) is 3.19.